The molecule has 0 unspecified atom stereocenters. The lowest BCUT2D eigenvalue weighted by Crippen LogP contribution is -2.58. The summed E-state index contributed by atoms with van der Waals surface area (Å²) in [6.45, 7) is -0.914. The number of hydrogen-bond acceptors (Lipinski definition) is 2. The standard InChI is InChI=1S/C8H6BrF2NOS/c9-5-1-6(14-2-5)7(13)12-3-8(10,11)4-12/h1-2H,3-4H2. The molecular weight excluding hydrogens is 276 g/mol. The van der Waals surface area contributed by atoms with Gasteiger partial charge in [0.1, 0.15) is 0 Å². The summed E-state index contributed by atoms with van der Waals surface area (Å²) in [7, 11) is 0. The van der Waals surface area contributed by atoms with Gasteiger partial charge in [-0.15, -0.1) is 11.3 Å². The van der Waals surface area contributed by atoms with Gasteiger partial charge >= 0.3 is 0 Å². The van der Waals surface area contributed by atoms with E-state index < -0.39 is 19.0 Å². The minimum absolute atomic E-state index is 0.313. The first-order valence-corrected chi connectivity index (χ1v) is 5.56. The molecule has 0 radical (unpaired) electrons. The van der Waals surface area contributed by atoms with Crippen LogP contribution in [0, 0.1) is 0 Å². The van der Waals surface area contributed by atoms with E-state index in [1.807, 2.05) is 0 Å². The summed E-state index contributed by atoms with van der Waals surface area (Å²) in [5.41, 5.74) is 0. The van der Waals surface area contributed by atoms with Crippen LogP contribution in [0.15, 0.2) is 15.9 Å². The molecule has 1 amide bonds. The number of alkyl halides is 2. The second kappa shape index (κ2) is 3.27. The van der Waals surface area contributed by atoms with Crippen LogP contribution in [0.1, 0.15) is 9.67 Å². The van der Waals surface area contributed by atoms with Crippen LogP contribution in [0.25, 0.3) is 0 Å². The Morgan fingerprint density at radius 3 is 2.64 bits per heavy atom. The minimum atomic E-state index is -2.69. The van der Waals surface area contributed by atoms with E-state index in [0.717, 1.165) is 9.37 Å². The quantitative estimate of drug-likeness (QED) is 0.775. The third kappa shape index (κ3) is 1.81. The predicted octanol–water partition coefficient (Wildman–Crippen LogP) is 2.60. The van der Waals surface area contributed by atoms with Crippen LogP contribution in [0.3, 0.4) is 0 Å². The number of rotatable bonds is 1. The number of halogens is 3. The molecule has 6 heteroatoms. The van der Waals surface area contributed by atoms with Crippen molar-refractivity contribution < 1.29 is 13.6 Å². The van der Waals surface area contributed by atoms with Crippen molar-refractivity contribution in [3.8, 4) is 0 Å². The smallest absolute Gasteiger partial charge is 0.282 e. The summed E-state index contributed by atoms with van der Waals surface area (Å²) in [5.74, 6) is -3.00. The molecule has 0 N–H and O–H groups in total. The molecule has 0 bridgehead atoms. The van der Waals surface area contributed by atoms with Crippen molar-refractivity contribution in [2.24, 2.45) is 0 Å². The second-order valence-corrected chi connectivity index (χ2v) is 4.97. The Bertz CT molecular complexity index is 371. The van der Waals surface area contributed by atoms with Crippen LogP contribution >= 0.6 is 27.3 Å². The molecule has 1 aromatic heterocycles. The first-order valence-electron chi connectivity index (χ1n) is 3.89. The van der Waals surface area contributed by atoms with Gasteiger partial charge in [-0.25, -0.2) is 8.78 Å². The molecule has 0 spiro atoms. The van der Waals surface area contributed by atoms with Crippen molar-refractivity contribution in [2.45, 2.75) is 5.92 Å². The van der Waals surface area contributed by atoms with E-state index in [2.05, 4.69) is 15.9 Å². The number of thiophene rings is 1. The molecule has 0 aliphatic carbocycles. The van der Waals surface area contributed by atoms with E-state index in [9.17, 15) is 13.6 Å². The fourth-order valence-corrected chi connectivity index (χ4v) is 2.63. The first-order chi connectivity index (χ1) is 6.48. The van der Waals surface area contributed by atoms with Gasteiger partial charge in [0.25, 0.3) is 11.8 Å². The molecule has 76 valence electrons. The summed E-state index contributed by atoms with van der Waals surface area (Å²) >= 11 is 4.46. The molecule has 1 saturated heterocycles. The van der Waals surface area contributed by atoms with Gasteiger partial charge in [0.15, 0.2) is 0 Å². The Balaban J connectivity index is 2.04. The monoisotopic (exact) mass is 281 g/mol. The number of likely N-dealkylation sites (tertiary alicyclic amines) is 1. The normalized spacial score (nSPS) is 19.2. The summed E-state index contributed by atoms with van der Waals surface area (Å²) < 4.78 is 25.7. The Kier molecular flexibility index (Phi) is 2.35. The molecule has 14 heavy (non-hydrogen) atoms. The van der Waals surface area contributed by atoms with E-state index in [1.165, 1.54) is 11.3 Å². The lowest BCUT2D eigenvalue weighted by Gasteiger charge is -2.38. The van der Waals surface area contributed by atoms with Gasteiger partial charge in [-0.3, -0.25) is 4.79 Å². The van der Waals surface area contributed by atoms with Crippen LogP contribution in [0.4, 0.5) is 8.78 Å². The lowest BCUT2D eigenvalue weighted by atomic mass is 10.1. The van der Waals surface area contributed by atoms with Gasteiger partial charge in [0.05, 0.1) is 18.0 Å². The lowest BCUT2D eigenvalue weighted by molar-refractivity contribution is -0.112. The average Bonchev–Trinajstić information content (AvgIpc) is 2.46. The first kappa shape index (κ1) is 10.0. The Morgan fingerprint density at radius 1 is 1.57 bits per heavy atom. The Labute approximate surface area is 91.6 Å². The minimum Gasteiger partial charge on any atom is -0.326 e. The highest BCUT2D eigenvalue weighted by molar-refractivity contribution is 9.10. The van der Waals surface area contributed by atoms with Crippen molar-refractivity contribution >= 4 is 33.2 Å². The van der Waals surface area contributed by atoms with E-state index in [1.54, 1.807) is 11.4 Å². The SMILES string of the molecule is O=C(c1cc(Br)cs1)N1CC(F)(F)C1. The fourth-order valence-electron chi connectivity index (χ4n) is 1.24. The van der Waals surface area contributed by atoms with Crippen LogP contribution in [-0.2, 0) is 0 Å². The maximum absolute atomic E-state index is 12.5. The molecule has 0 atom stereocenters. The number of nitrogens with zero attached hydrogens (tertiary/aromatic N) is 1. The van der Waals surface area contributed by atoms with Crippen molar-refractivity contribution in [3.05, 3.63) is 20.8 Å². The number of hydrogen-bond donors (Lipinski definition) is 0. The highest BCUT2D eigenvalue weighted by atomic mass is 79.9. The average molecular weight is 282 g/mol. The van der Waals surface area contributed by atoms with Crippen LogP contribution in [0.2, 0.25) is 0 Å². The zero-order valence-corrected chi connectivity index (χ0v) is 9.37. The highest BCUT2D eigenvalue weighted by Gasteiger charge is 2.46. The van der Waals surface area contributed by atoms with Crippen molar-refractivity contribution in [1.82, 2.24) is 4.90 Å². The molecule has 1 fully saturated rings. The molecule has 0 aromatic carbocycles. The summed E-state index contributed by atoms with van der Waals surface area (Å²) in [4.78, 5) is 13.2. The topological polar surface area (TPSA) is 20.3 Å². The van der Waals surface area contributed by atoms with Gasteiger partial charge in [-0.05, 0) is 22.0 Å². The van der Waals surface area contributed by atoms with Gasteiger partial charge in [-0.1, -0.05) is 0 Å². The fraction of sp³-hybridized carbons (Fsp3) is 0.375. The maximum atomic E-state index is 12.5. The second-order valence-electron chi connectivity index (χ2n) is 3.15. The van der Waals surface area contributed by atoms with Crippen LogP contribution < -0.4 is 0 Å². The third-order valence-electron chi connectivity index (χ3n) is 1.91. The number of carbonyl (C=O) groups is 1. The molecular formula is C8H6BrF2NOS. The van der Waals surface area contributed by atoms with Crippen molar-refractivity contribution in [3.63, 3.8) is 0 Å². The molecule has 2 nitrogen and oxygen atoms in total. The molecule has 1 aliphatic heterocycles. The zero-order chi connectivity index (χ0) is 10.3. The van der Waals surface area contributed by atoms with Gasteiger partial charge in [0, 0.05) is 9.85 Å². The number of carbonyl (C=O) groups excluding carboxylic acids is 1. The van der Waals surface area contributed by atoms with Crippen molar-refractivity contribution in [2.75, 3.05) is 13.1 Å². The maximum Gasteiger partial charge on any atom is 0.282 e. The van der Waals surface area contributed by atoms with E-state index in [4.69, 9.17) is 0 Å². The number of amides is 1. The Morgan fingerprint density at radius 2 is 2.21 bits per heavy atom. The Hall–Kier alpha value is -0.490. The van der Waals surface area contributed by atoms with E-state index in [0.29, 0.717) is 4.88 Å². The molecule has 2 heterocycles. The predicted molar refractivity (Wildman–Crippen MR) is 52.9 cm³/mol. The molecule has 1 aromatic rings. The van der Waals surface area contributed by atoms with Gasteiger partial charge in [0.2, 0.25) is 0 Å². The summed E-state index contributed by atoms with van der Waals surface area (Å²) in [6.07, 6.45) is 0. The van der Waals surface area contributed by atoms with Crippen LogP contribution in [-0.4, -0.2) is 29.8 Å². The van der Waals surface area contributed by atoms with Gasteiger partial charge in [-0.2, -0.15) is 0 Å². The van der Waals surface area contributed by atoms with Crippen LogP contribution in [0.5, 0.6) is 0 Å². The van der Waals surface area contributed by atoms with E-state index in [-0.39, 0.29) is 5.91 Å². The highest BCUT2D eigenvalue weighted by Crippen LogP contribution is 2.30. The molecule has 1 aliphatic rings. The molecule has 0 saturated carbocycles. The van der Waals surface area contributed by atoms with Crippen molar-refractivity contribution in [1.29, 1.82) is 0 Å². The summed E-state index contributed by atoms with van der Waals surface area (Å²) in [6, 6.07) is 1.64. The third-order valence-corrected chi connectivity index (χ3v) is 3.59. The van der Waals surface area contributed by atoms with Gasteiger partial charge < -0.3 is 4.90 Å². The summed E-state index contributed by atoms with van der Waals surface area (Å²) in [5, 5.41) is 1.76. The largest absolute Gasteiger partial charge is 0.326 e. The van der Waals surface area contributed by atoms with E-state index >= 15 is 0 Å². The molecule has 2 rings (SSSR count). The zero-order valence-electron chi connectivity index (χ0n) is 6.97.